The molecule has 1 aromatic carbocycles. The second-order valence-electron chi connectivity index (χ2n) is 4.09. The number of carbonyl (C=O) groups is 1. The van der Waals surface area contributed by atoms with E-state index in [-0.39, 0.29) is 17.6 Å². The molecule has 5 nitrogen and oxygen atoms in total. The minimum Gasteiger partial charge on any atom is -0.494 e. The zero-order valence-electron chi connectivity index (χ0n) is 11.1. The van der Waals surface area contributed by atoms with Gasteiger partial charge in [0.15, 0.2) is 0 Å². The number of ether oxygens (including phenoxy) is 2. The van der Waals surface area contributed by atoms with Crippen molar-refractivity contribution in [1.29, 1.82) is 0 Å². The molecule has 0 aliphatic carbocycles. The molecule has 0 unspecified atom stereocenters. The topological polar surface area (TPSA) is 68.4 Å². The van der Waals surface area contributed by atoms with Crippen LogP contribution in [0.1, 0.15) is 22.8 Å². The van der Waals surface area contributed by atoms with Crippen molar-refractivity contribution in [3.8, 4) is 5.75 Å². The molecule has 1 N–H and O–H groups in total. The number of aromatic nitrogens is 1. The lowest BCUT2D eigenvalue weighted by Crippen LogP contribution is -2.18. The fraction of sp³-hybridized carbons (Fsp3) is 0.286. The number of methoxy groups -OCH3 is 1. The summed E-state index contributed by atoms with van der Waals surface area (Å²) in [5.74, 6) is -0.0183. The molecule has 0 saturated heterocycles. The number of H-pyrrole nitrogens is 1. The van der Waals surface area contributed by atoms with Crippen LogP contribution in [0.3, 0.4) is 0 Å². The summed E-state index contributed by atoms with van der Waals surface area (Å²) < 4.78 is 10.1. The van der Waals surface area contributed by atoms with Gasteiger partial charge in [0.25, 0.3) is 0 Å². The van der Waals surface area contributed by atoms with Gasteiger partial charge in [-0.1, -0.05) is 6.07 Å². The van der Waals surface area contributed by atoms with Crippen LogP contribution in [0.25, 0.3) is 10.9 Å². The molecule has 2 aromatic rings. The first-order valence-corrected chi connectivity index (χ1v) is 5.96. The first-order valence-electron chi connectivity index (χ1n) is 5.96. The summed E-state index contributed by atoms with van der Waals surface area (Å²) in [5.41, 5.74) is 1.14. The number of aryl methyl sites for hydroxylation is 1. The zero-order valence-corrected chi connectivity index (χ0v) is 11.1. The van der Waals surface area contributed by atoms with E-state index < -0.39 is 5.97 Å². The third-order valence-electron chi connectivity index (χ3n) is 2.90. The maximum atomic E-state index is 12.2. The molecule has 0 aliphatic rings. The van der Waals surface area contributed by atoms with Gasteiger partial charge in [0, 0.05) is 6.20 Å². The third kappa shape index (κ3) is 2.19. The van der Waals surface area contributed by atoms with Gasteiger partial charge in [-0.25, -0.2) is 4.79 Å². The van der Waals surface area contributed by atoms with Crippen LogP contribution in [-0.4, -0.2) is 24.7 Å². The number of carbonyl (C=O) groups excluding carboxylic acids is 1. The Labute approximate surface area is 110 Å². The molecule has 5 heteroatoms. The van der Waals surface area contributed by atoms with Crippen molar-refractivity contribution in [2.75, 3.05) is 13.7 Å². The normalized spacial score (nSPS) is 10.5. The predicted octanol–water partition coefficient (Wildman–Crippen LogP) is 2.02. The minimum absolute atomic E-state index is 0.000237. The van der Waals surface area contributed by atoms with Gasteiger partial charge in [0.05, 0.1) is 24.6 Å². The van der Waals surface area contributed by atoms with Gasteiger partial charge in [0.1, 0.15) is 11.3 Å². The zero-order chi connectivity index (χ0) is 14.0. The van der Waals surface area contributed by atoms with E-state index >= 15 is 0 Å². The highest BCUT2D eigenvalue weighted by Crippen LogP contribution is 2.25. The maximum Gasteiger partial charge on any atom is 0.343 e. The van der Waals surface area contributed by atoms with Crippen LogP contribution in [0.2, 0.25) is 0 Å². The third-order valence-corrected chi connectivity index (χ3v) is 2.90. The quantitative estimate of drug-likeness (QED) is 0.858. The van der Waals surface area contributed by atoms with Gasteiger partial charge < -0.3 is 14.5 Å². The van der Waals surface area contributed by atoms with Gasteiger partial charge in [-0.05, 0) is 25.5 Å². The number of nitrogens with one attached hydrogen (secondary N) is 1. The highest BCUT2D eigenvalue weighted by molar-refractivity contribution is 5.95. The van der Waals surface area contributed by atoms with Crippen LogP contribution in [0, 0.1) is 6.92 Å². The van der Waals surface area contributed by atoms with Crippen molar-refractivity contribution in [2.24, 2.45) is 0 Å². The van der Waals surface area contributed by atoms with E-state index in [0.717, 1.165) is 5.56 Å². The lowest BCUT2D eigenvalue weighted by atomic mass is 10.1. The van der Waals surface area contributed by atoms with Crippen LogP contribution >= 0.6 is 0 Å². The highest BCUT2D eigenvalue weighted by atomic mass is 16.5. The molecule has 100 valence electrons. The molecule has 1 aromatic heterocycles. The van der Waals surface area contributed by atoms with Crippen molar-refractivity contribution in [1.82, 2.24) is 4.98 Å². The molecule has 0 spiro atoms. The summed E-state index contributed by atoms with van der Waals surface area (Å²) in [5, 5.41) is 0.410. The van der Waals surface area contributed by atoms with E-state index in [0.29, 0.717) is 16.7 Å². The summed E-state index contributed by atoms with van der Waals surface area (Å²) in [6.45, 7) is 3.81. The van der Waals surface area contributed by atoms with E-state index in [9.17, 15) is 9.59 Å². The number of rotatable bonds is 3. The van der Waals surface area contributed by atoms with Gasteiger partial charge in [-0.15, -0.1) is 0 Å². The Morgan fingerprint density at radius 1 is 1.37 bits per heavy atom. The van der Waals surface area contributed by atoms with Crippen LogP contribution < -0.4 is 10.2 Å². The molecule has 0 amide bonds. The molecule has 0 aliphatic heterocycles. The summed E-state index contributed by atoms with van der Waals surface area (Å²) in [6, 6.07) is 3.46. The largest absolute Gasteiger partial charge is 0.494 e. The van der Waals surface area contributed by atoms with Crippen LogP contribution in [0.4, 0.5) is 0 Å². The van der Waals surface area contributed by atoms with Crippen molar-refractivity contribution >= 4 is 16.9 Å². The number of pyridine rings is 1. The van der Waals surface area contributed by atoms with Crippen LogP contribution in [0.5, 0.6) is 5.75 Å². The first-order chi connectivity index (χ1) is 9.10. The summed E-state index contributed by atoms with van der Waals surface area (Å²) in [4.78, 5) is 26.8. The maximum absolute atomic E-state index is 12.2. The molecule has 2 rings (SSSR count). The molecule has 19 heavy (non-hydrogen) atoms. The van der Waals surface area contributed by atoms with E-state index in [2.05, 4.69) is 4.98 Å². The smallest absolute Gasteiger partial charge is 0.343 e. The predicted molar refractivity (Wildman–Crippen MR) is 71.8 cm³/mol. The molecule has 0 atom stereocenters. The number of fused-ring (bicyclic) bond motifs is 1. The second kappa shape index (κ2) is 5.14. The van der Waals surface area contributed by atoms with E-state index in [4.69, 9.17) is 9.47 Å². The van der Waals surface area contributed by atoms with E-state index in [1.165, 1.54) is 6.20 Å². The summed E-state index contributed by atoms with van der Waals surface area (Å²) >= 11 is 0. The number of hydrogen-bond donors (Lipinski definition) is 1. The lowest BCUT2D eigenvalue weighted by molar-refractivity contribution is 0.0524. The van der Waals surface area contributed by atoms with E-state index in [1.54, 1.807) is 26.2 Å². The van der Waals surface area contributed by atoms with Gasteiger partial charge in [-0.3, -0.25) is 4.79 Å². The van der Waals surface area contributed by atoms with Crippen molar-refractivity contribution < 1.29 is 14.3 Å². The fourth-order valence-corrected chi connectivity index (χ4v) is 2.00. The second-order valence-corrected chi connectivity index (χ2v) is 4.09. The SMILES string of the molecule is CCOC(=O)c1c[nH]c2c(OC)c(C)ccc2c1=O. The van der Waals surface area contributed by atoms with Crippen molar-refractivity contribution in [2.45, 2.75) is 13.8 Å². The van der Waals surface area contributed by atoms with Crippen molar-refractivity contribution in [3.05, 3.63) is 39.7 Å². The van der Waals surface area contributed by atoms with Crippen molar-refractivity contribution in [3.63, 3.8) is 0 Å². The molecular formula is C14H15NO4. The van der Waals surface area contributed by atoms with Gasteiger partial charge in [0.2, 0.25) is 5.43 Å². The number of esters is 1. The monoisotopic (exact) mass is 261 g/mol. The summed E-state index contributed by atoms with van der Waals surface area (Å²) in [7, 11) is 1.54. The minimum atomic E-state index is -0.620. The molecule has 0 saturated carbocycles. The summed E-state index contributed by atoms with van der Waals surface area (Å²) in [6.07, 6.45) is 1.37. The first kappa shape index (κ1) is 13.1. The molecule has 0 bridgehead atoms. The fourth-order valence-electron chi connectivity index (χ4n) is 2.00. The lowest BCUT2D eigenvalue weighted by Gasteiger charge is -2.09. The Hall–Kier alpha value is -2.30. The van der Waals surface area contributed by atoms with Crippen LogP contribution in [0.15, 0.2) is 23.1 Å². The van der Waals surface area contributed by atoms with Crippen LogP contribution in [-0.2, 0) is 4.74 Å². The number of aromatic amines is 1. The standard InChI is InChI=1S/C14H15NO4/c1-4-19-14(17)10-7-15-11-9(12(10)16)6-5-8(2)13(11)18-3/h5-7H,4H2,1-3H3,(H,15,16). The van der Waals surface area contributed by atoms with E-state index in [1.807, 2.05) is 6.92 Å². The Bertz CT molecular complexity index is 688. The van der Waals surface area contributed by atoms with Gasteiger partial charge >= 0.3 is 5.97 Å². The number of hydrogen-bond acceptors (Lipinski definition) is 4. The Morgan fingerprint density at radius 2 is 2.11 bits per heavy atom. The Balaban J connectivity index is 2.70. The Morgan fingerprint density at radius 3 is 2.74 bits per heavy atom. The Kier molecular flexibility index (Phi) is 3.55. The number of benzene rings is 1. The molecule has 0 radical (unpaired) electrons. The molecule has 1 heterocycles. The molecule has 0 fully saturated rings. The average molecular weight is 261 g/mol. The van der Waals surface area contributed by atoms with Gasteiger partial charge in [-0.2, -0.15) is 0 Å². The average Bonchev–Trinajstić information content (AvgIpc) is 2.39. The molecular weight excluding hydrogens is 246 g/mol. The highest BCUT2D eigenvalue weighted by Gasteiger charge is 2.16.